The number of amides is 1. The van der Waals surface area contributed by atoms with Crippen molar-refractivity contribution in [2.45, 2.75) is 38.7 Å². The number of benzene rings is 1. The molecule has 0 saturated carbocycles. The van der Waals surface area contributed by atoms with Crippen molar-refractivity contribution in [2.24, 2.45) is 0 Å². The van der Waals surface area contributed by atoms with Gasteiger partial charge in [-0.25, -0.2) is 0 Å². The topological polar surface area (TPSA) is 47.6 Å². The van der Waals surface area contributed by atoms with Crippen molar-refractivity contribution in [3.63, 3.8) is 0 Å². The lowest BCUT2D eigenvalue weighted by Crippen LogP contribution is -2.37. The molecule has 1 unspecified atom stereocenters. The second-order valence-electron chi connectivity index (χ2n) is 5.24. The molecule has 0 aromatic heterocycles. The molecule has 0 saturated heterocycles. The molecule has 4 nitrogen and oxygen atoms in total. The maximum Gasteiger partial charge on any atom is 0.261 e. The minimum absolute atomic E-state index is 0.104. The van der Waals surface area contributed by atoms with E-state index in [9.17, 15) is 4.79 Å². The molecule has 1 aliphatic rings. The van der Waals surface area contributed by atoms with Crippen molar-refractivity contribution in [1.29, 1.82) is 0 Å². The molecule has 1 N–H and O–H groups in total. The van der Waals surface area contributed by atoms with E-state index in [0.29, 0.717) is 18.0 Å². The number of carbonyl (C=O) groups is 1. The van der Waals surface area contributed by atoms with Gasteiger partial charge in [0.15, 0.2) is 17.6 Å². The van der Waals surface area contributed by atoms with E-state index in [0.717, 1.165) is 12.8 Å². The summed E-state index contributed by atoms with van der Waals surface area (Å²) in [6.45, 7) is 2.37. The number of rotatable bonds is 6. The number of hydrogen-bond donors (Lipinski definition) is 1. The summed E-state index contributed by atoms with van der Waals surface area (Å²) in [6.07, 6.45) is 6.36. The fourth-order valence-electron chi connectivity index (χ4n) is 2.37. The lowest BCUT2D eigenvalue weighted by molar-refractivity contribution is -0.127. The number of carbonyl (C=O) groups excluding carboxylic acids is 1. The molecular weight excluding hydrogens is 266 g/mol. The standard InChI is InChI=1S/C17H23NO3/c1-13(21-16-11-7-6-10-15(16)20-2)17(19)18-12-14-8-4-3-5-9-14/h6-8,10-11,13H,3-5,9,12H2,1-2H3,(H,18,19). The zero-order valence-corrected chi connectivity index (χ0v) is 12.7. The summed E-state index contributed by atoms with van der Waals surface area (Å²) in [5.41, 5.74) is 1.32. The third-order valence-corrected chi connectivity index (χ3v) is 3.62. The van der Waals surface area contributed by atoms with E-state index in [4.69, 9.17) is 9.47 Å². The van der Waals surface area contributed by atoms with Crippen LogP contribution in [0.25, 0.3) is 0 Å². The fraction of sp³-hybridized carbons (Fsp3) is 0.471. The lowest BCUT2D eigenvalue weighted by atomic mass is 10.00. The highest BCUT2D eigenvalue weighted by Gasteiger charge is 2.16. The van der Waals surface area contributed by atoms with Crippen LogP contribution in [0.2, 0.25) is 0 Å². The second kappa shape index (κ2) is 7.72. The van der Waals surface area contributed by atoms with Gasteiger partial charge in [0.25, 0.3) is 5.91 Å². The van der Waals surface area contributed by atoms with Crippen LogP contribution in [0, 0.1) is 0 Å². The molecule has 21 heavy (non-hydrogen) atoms. The Hall–Kier alpha value is -1.97. The summed E-state index contributed by atoms with van der Waals surface area (Å²) in [7, 11) is 1.59. The van der Waals surface area contributed by atoms with Crippen LogP contribution in [-0.2, 0) is 4.79 Å². The minimum Gasteiger partial charge on any atom is -0.493 e. The van der Waals surface area contributed by atoms with Crippen molar-refractivity contribution in [1.82, 2.24) is 5.32 Å². The first-order chi connectivity index (χ1) is 10.2. The molecule has 1 aromatic carbocycles. The van der Waals surface area contributed by atoms with Gasteiger partial charge >= 0.3 is 0 Å². The van der Waals surface area contributed by atoms with E-state index in [-0.39, 0.29) is 5.91 Å². The maximum atomic E-state index is 12.1. The van der Waals surface area contributed by atoms with Crippen molar-refractivity contribution < 1.29 is 14.3 Å². The molecule has 0 bridgehead atoms. The highest BCUT2D eigenvalue weighted by atomic mass is 16.5. The number of ether oxygens (including phenoxy) is 2. The van der Waals surface area contributed by atoms with E-state index in [1.165, 1.54) is 18.4 Å². The third-order valence-electron chi connectivity index (χ3n) is 3.62. The largest absolute Gasteiger partial charge is 0.493 e. The first kappa shape index (κ1) is 15.4. The molecule has 1 atom stereocenters. The molecule has 0 spiro atoms. The normalized spacial score (nSPS) is 15.8. The SMILES string of the molecule is COc1ccccc1OC(C)C(=O)NCC1=CCCCC1. The highest BCUT2D eigenvalue weighted by Crippen LogP contribution is 2.26. The van der Waals surface area contributed by atoms with Crippen molar-refractivity contribution in [3.05, 3.63) is 35.9 Å². The monoisotopic (exact) mass is 289 g/mol. The van der Waals surface area contributed by atoms with Crippen LogP contribution in [0.5, 0.6) is 11.5 Å². The van der Waals surface area contributed by atoms with Crippen LogP contribution in [0.3, 0.4) is 0 Å². The van der Waals surface area contributed by atoms with E-state index >= 15 is 0 Å². The molecule has 4 heteroatoms. The molecule has 1 aliphatic carbocycles. The van der Waals surface area contributed by atoms with Gasteiger partial charge in [0.05, 0.1) is 7.11 Å². The number of hydrogen-bond acceptors (Lipinski definition) is 3. The third kappa shape index (κ3) is 4.52. The highest BCUT2D eigenvalue weighted by molar-refractivity contribution is 5.81. The Bertz CT molecular complexity index is 511. The Morgan fingerprint density at radius 1 is 1.29 bits per heavy atom. The Labute approximate surface area is 126 Å². The lowest BCUT2D eigenvalue weighted by Gasteiger charge is -2.18. The van der Waals surface area contributed by atoms with Crippen LogP contribution in [0.15, 0.2) is 35.9 Å². The van der Waals surface area contributed by atoms with Crippen molar-refractivity contribution in [2.75, 3.05) is 13.7 Å². The predicted molar refractivity (Wildman–Crippen MR) is 82.6 cm³/mol. The van der Waals surface area contributed by atoms with E-state index in [2.05, 4.69) is 11.4 Å². The van der Waals surface area contributed by atoms with Gasteiger partial charge in [0.2, 0.25) is 0 Å². The van der Waals surface area contributed by atoms with E-state index in [1.54, 1.807) is 20.1 Å². The van der Waals surface area contributed by atoms with Gasteiger partial charge in [0.1, 0.15) is 0 Å². The number of para-hydroxylation sites is 2. The zero-order chi connectivity index (χ0) is 15.1. The molecular formula is C17H23NO3. The minimum atomic E-state index is -0.550. The summed E-state index contributed by atoms with van der Waals surface area (Å²) in [6, 6.07) is 7.33. The summed E-state index contributed by atoms with van der Waals surface area (Å²) < 4.78 is 10.9. The van der Waals surface area contributed by atoms with E-state index in [1.807, 2.05) is 18.2 Å². The van der Waals surface area contributed by atoms with Crippen LogP contribution in [0.4, 0.5) is 0 Å². The summed E-state index contributed by atoms with van der Waals surface area (Å²) in [5.74, 6) is 1.11. The van der Waals surface area contributed by atoms with Crippen molar-refractivity contribution >= 4 is 5.91 Å². The molecule has 1 aromatic rings. The molecule has 0 radical (unpaired) electrons. The quantitative estimate of drug-likeness (QED) is 0.819. The summed E-state index contributed by atoms with van der Waals surface area (Å²) >= 11 is 0. The van der Waals surface area contributed by atoms with Crippen LogP contribution < -0.4 is 14.8 Å². The van der Waals surface area contributed by atoms with Crippen LogP contribution in [0.1, 0.15) is 32.6 Å². The Morgan fingerprint density at radius 2 is 2.05 bits per heavy atom. The molecule has 114 valence electrons. The molecule has 2 rings (SSSR count). The number of methoxy groups -OCH3 is 1. The first-order valence-electron chi connectivity index (χ1n) is 7.46. The van der Waals surface area contributed by atoms with Gasteiger partial charge in [-0.3, -0.25) is 4.79 Å². The summed E-state index contributed by atoms with van der Waals surface area (Å²) in [4.78, 5) is 12.1. The predicted octanol–water partition coefficient (Wildman–Crippen LogP) is 3.08. The molecule has 0 heterocycles. The van der Waals surface area contributed by atoms with Gasteiger partial charge in [-0.05, 0) is 44.7 Å². The average molecular weight is 289 g/mol. The molecule has 0 fully saturated rings. The average Bonchev–Trinajstić information content (AvgIpc) is 2.54. The van der Waals surface area contributed by atoms with Gasteiger partial charge in [0, 0.05) is 6.54 Å². The van der Waals surface area contributed by atoms with Gasteiger partial charge in [-0.2, -0.15) is 0 Å². The maximum absolute atomic E-state index is 12.1. The van der Waals surface area contributed by atoms with Crippen molar-refractivity contribution in [3.8, 4) is 11.5 Å². The fourth-order valence-corrected chi connectivity index (χ4v) is 2.37. The zero-order valence-electron chi connectivity index (χ0n) is 12.7. The molecule has 0 aliphatic heterocycles. The van der Waals surface area contributed by atoms with Crippen LogP contribution in [-0.4, -0.2) is 25.7 Å². The van der Waals surface area contributed by atoms with E-state index < -0.39 is 6.10 Å². The Kier molecular flexibility index (Phi) is 5.67. The summed E-state index contributed by atoms with van der Waals surface area (Å²) in [5, 5.41) is 2.94. The Morgan fingerprint density at radius 3 is 2.71 bits per heavy atom. The smallest absolute Gasteiger partial charge is 0.261 e. The Balaban J connectivity index is 1.86. The van der Waals surface area contributed by atoms with Crippen LogP contribution >= 0.6 is 0 Å². The molecule has 1 amide bonds. The second-order valence-corrected chi connectivity index (χ2v) is 5.24. The number of allylic oxidation sites excluding steroid dienone is 1. The first-order valence-corrected chi connectivity index (χ1v) is 7.46. The van der Waals surface area contributed by atoms with Gasteiger partial charge < -0.3 is 14.8 Å². The van der Waals surface area contributed by atoms with Gasteiger partial charge in [-0.1, -0.05) is 23.8 Å². The van der Waals surface area contributed by atoms with Gasteiger partial charge in [-0.15, -0.1) is 0 Å². The number of nitrogens with one attached hydrogen (secondary N) is 1.